The molecule has 0 radical (unpaired) electrons. The van der Waals surface area contributed by atoms with Gasteiger partial charge in [-0.1, -0.05) is 30.3 Å². The van der Waals surface area contributed by atoms with Crippen LogP contribution in [-0.2, 0) is 30.3 Å². The second-order valence-electron chi connectivity index (χ2n) is 11.9. The number of ether oxygens (including phenoxy) is 3. The summed E-state index contributed by atoms with van der Waals surface area (Å²) in [4.78, 5) is 44.5. The third-order valence-corrected chi connectivity index (χ3v) is 7.81. The van der Waals surface area contributed by atoms with Crippen LogP contribution in [-0.4, -0.2) is 89.4 Å². The SMILES string of the molecule is CCOC(=O)C1CCC(OC([C@@H]2CCCN2C(=O)OC(C)(C)C)N2CCN(Cc3ccccc3)C(=O)C2)CC1. The van der Waals surface area contributed by atoms with Crippen molar-refractivity contribution in [3.05, 3.63) is 35.9 Å². The molecule has 9 heteroatoms. The van der Waals surface area contributed by atoms with Crippen molar-refractivity contribution in [3.8, 4) is 0 Å². The van der Waals surface area contributed by atoms with Crippen molar-refractivity contribution >= 4 is 18.0 Å². The maximum absolute atomic E-state index is 13.3. The molecule has 1 aliphatic carbocycles. The molecule has 0 aromatic heterocycles. The molecule has 0 bridgehead atoms. The third-order valence-electron chi connectivity index (χ3n) is 7.81. The maximum Gasteiger partial charge on any atom is 0.410 e. The number of likely N-dealkylation sites (tertiary alicyclic amines) is 1. The van der Waals surface area contributed by atoms with Crippen LogP contribution in [0.2, 0.25) is 0 Å². The minimum Gasteiger partial charge on any atom is -0.466 e. The third kappa shape index (κ3) is 7.94. The van der Waals surface area contributed by atoms with Gasteiger partial charge in [0.2, 0.25) is 5.91 Å². The molecule has 3 aliphatic rings. The Kier molecular flexibility index (Phi) is 9.88. The van der Waals surface area contributed by atoms with Gasteiger partial charge in [-0.25, -0.2) is 4.79 Å². The number of carbonyl (C=O) groups excluding carboxylic acids is 3. The van der Waals surface area contributed by atoms with E-state index >= 15 is 0 Å². The van der Waals surface area contributed by atoms with Crippen LogP contribution in [0.3, 0.4) is 0 Å². The van der Waals surface area contributed by atoms with Crippen LogP contribution in [0.4, 0.5) is 4.79 Å². The zero-order valence-electron chi connectivity index (χ0n) is 24.0. The monoisotopic (exact) mass is 543 g/mol. The number of rotatable bonds is 8. The van der Waals surface area contributed by atoms with Gasteiger partial charge >= 0.3 is 12.1 Å². The van der Waals surface area contributed by atoms with E-state index in [1.165, 1.54) is 0 Å². The Hall–Kier alpha value is -2.65. The van der Waals surface area contributed by atoms with Crippen molar-refractivity contribution in [2.75, 3.05) is 32.8 Å². The molecule has 2 atom stereocenters. The lowest BCUT2D eigenvalue weighted by molar-refractivity contribution is -0.167. The topological polar surface area (TPSA) is 88.6 Å². The van der Waals surface area contributed by atoms with Crippen LogP contribution in [0.25, 0.3) is 0 Å². The largest absolute Gasteiger partial charge is 0.466 e. The highest BCUT2D eigenvalue weighted by Crippen LogP contribution is 2.33. The number of carbonyl (C=O) groups is 3. The molecule has 1 unspecified atom stereocenters. The first-order valence-electron chi connectivity index (χ1n) is 14.5. The lowest BCUT2D eigenvalue weighted by atomic mass is 9.87. The highest BCUT2D eigenvalue weighted by Gasteiger charge is 2.43. The molecule has 2 aliphatic heterocycles. The molecule has 3 fully saturated rings. The number of hydrogen-bond donors (Lipinski definition) is 0. The van der Waals surface area contributed by atoms with Crippen LogP contribution in [0.1, 0.15) is 71.8 Å². The Morgan fingerprint density at radius 1 is 1.00 bits per heavy atom. The Labute approximate surface area is 232 Å². The highest BCUT2D eigenvalue weighted by molar-refractivity contribution is 5.79. The first-order valence-corrected chi connectivity index (χ1v) is 14.5. The highest BCUT2D eigenvalue weighted by atomic mass is 16.6. The zero-order valence-corrected chi connectivity index (χ0v) is 24.0. The van der Waals surface area contributed by atoms with Gasteiger partial charge in [0.05, 0.1) is 31.2 Å². The Morgan fingerprint density at radius 3 is 2.36 bits per heavy atom. The van der Waals surface area contributed by atoms with E-state index in [-0.39, 0.29) is 42.6 Å². The van der Waals surface area contributed by atoms with Gasteiger partial charge in [-0.2, -0.15) is 0 Å². The molecular formula is C30H45N3O6. The normalized spacial score (nSPS) is 25.4. The number of benzene rings is 1. The summed E-state index contributed by atoms with van der Waals surface area (Å²) in [5.41, 5.74) is 0.516. The van der Waals surface area contributed by atoms with E-state index in [2.05, 4.69) is 4.90 Å². The average molecular weight is 544 g/mol. The number of piperazine rings is 1. The van der Waals surface area contributed by atoms with Crippen LogP contribution in [0, 0.1) is 5.92 Å². The molecule has 4 rings (SSSR count). The second-order valence-corrected chi connectivity index (χ2v) is 11.9. The van der Waals surface area contributed by atoms with Crippen molar-refractivity contribution in [1.82, 2.24) is 14.7 Å². The minimum absolute atomic E-state index is 0.0424. The Balaban J connectivity index is 1.46. The molecule has 2 amide bonds. The smallest absolute Gasteiger partial charge is 0.410 e. The lowest BCUT2D eigenvalue weighted by Crippen LogP contribution is -2.60. The Bertz CT molecular complexity index is 973. The van der Waals surface area contributed by atoms with E-state index < -0.39 is 11.8 Å². The van der Waals surface area contributed by atoms with Gasteiger partial charge in [-0.3, -0.25) is 14.5 Å². The van der Waals surface area contributed by atoms with Gasteiger partial charge in [0.15, 0.2) is 0 Å². The zero-order chi connectivity index (χ0) is 28.0. The number of esters is 1. The lowest BCUT2D eigenvalue weighted by Gasteiger charge is -2.44. The quantitative estimate of drug-likeness (QED) is 0.454. The van der Waals surface area contributed by atoms with E-state index in [1.807, 2.05) is 62.9 Å². The number of hydrogen-bond acceptors (Lipinski definition) is 7. The maximum atomic E-state index is 13.3. The first kappa shape index (κ1) is 29.3. The summed E-state index contributed by atoms with van der Waals surface area (Å²) >= 11 is 0. The van der Waals surface area contributed by atoms with Crippen LogP contribution in [0.15, 0.2) is 30.3 Å². The van der Waals surface area contributed by atoms with Crippen molar-refractivity contribution in [1.29, 1.82) is 0 Å². The van der Waals surface area contributed by atoms with Crippen LogP contribution in [0.5, 0.6) is 0 Å². The molecule has 1 aromatic carbocycles. The molecule has 2 heterocycles. The molecule has 0 spiro atoms. The second kappa shape index (κ2) is 13.1. The molecular weight excluding hydrogens is 498 g/mol. The van der Waals surface area contributed by atoms with Gasteiger partial charge in [-0.05, 0) is 71.8 Å². The predicted octanol–water partition coefficient (Wildman–Crippen LogP) is 4.19. The van der Waals surface area contributed by atoms with E-state index in [0.717, 1.165) is 44.1 Å². The summed E-state index contributed by atoms with van der Waals surface area (Å²) in [5, 5.41) is 0. The van der Waals surface area contributed by atoms with E-state index in [0.29, 0.717) is 32.8 Å². The summed E-state index contributed by atoms with van der Waals surface area (Å²) in [6.07, 6.45) is 3.81. The van der Waals surface area contributed by atoms with Crippen LogP contribution >= 0.6 is 0 Å². The number of nitrogens with zero attached hydrogens (tertiary/aromatic N) is 3. The first-order chi connectivity index (χ1) is 18.6. The van der Waals surface area contributed by atoms with Crippen molar-refractivity contribution < 1.29 is 28.6 Å². The Morgan fingerprint density at radius 2 is 1.72 bits per heavy atom. The molecule has 0 N–H and O–H groups in total. The molecule has 216 valence electrons. The van der Waals surface area contributed by atoms with Gasteiger partial charge in [-0.15, -0.1) is 0 Å². The van der Waals surface area contributed by atoms with E-state index in [9.17, 15) is 14.4 Å². The number of amides is 2. The average Bonchev–Trinajstić information content (AvgIpc) is 3.39. The van der Waals surface area contributed by atoms with Gasteiger partial charge in [0.1, 0.15) is 11.8 Å². The predicted molar refractivity (Wildman–Crippen MR) is 147 cm³/mol. The van der Waals surface area contributed by atoms with Gasteiger partial charge in [0, 0.05) is 26.2 Å². The minimum atomic E-state index is -0.592. The summed E-state index contributed by atoms with van der Waals surface area (Å²) in [5.74, 6) is -0.151. The fraction of sp³-hybridized carbons (Fsp3) is 0.700. The molecule has 1 aromatic rings. The van der Waals surface area contributed by atoms with Gasteiger partial charge in [0.25, 0.3) is 0 Å². The molecule has 39 heavy (non-hydrogen) atoms. The fourth-order valence-electron chi connectivity index (χ4n) is 5.86. The van der Waals surface area contributed by atoms with E-state index in [1.54, 1.807) is 4.90 Å². The van der Waals surface area contributed by atoms with Crippen LogP contribution < -0.4 is 0 Å². The molecule has 1 saturated carbocycles. The molecule has 9 nitrogen and oxygen atoms in total. The van der Waals surface area contributed by atoms with Crippen molar-refractivity contribution in [3.63, 3.8) is 0 Å². The van der Waals surface area contributed by atoms with Crippen molar-refractivity contribution in [2.45, 2.75) is 96.7 Å². The summed E-state index contributed by atoms with van der Waals surface area (Å²) in [6.45, 7) is 10.5. The summed E-state index contributed by atoms with van der Waals surface area (Å²) in [6, 6.07) is 9.83. The summed E-state index contributed by atoms with van der Waals surface area (Å²) in [7, 11) is 0. The summed E-state index contributed by atoms with van der Waals surface area (Å²) < 4.78 is 17.7. The van der Waals surface area contributed by atoms with E-state index in [4.69, 9.17) is 14.2 Å². The van der Waals surface area contributed by atoms with Crippen molar-refractivity contribution in [2.24, 2.45) is 5.92 Å². The van der Waals surface area contributed by atoms with Gasteiger partial charge < -0.3 is 24.0 Å². The molecule has 2 saturated heterocycles. The fourth-order valence-corrected chi connectivity index (χ4v) is 5.86. The standard InChI is InChI=1S/C30H45N3O6/c1-5-37-28(35)23-13-15-24(16-14-23)38-27(25-12-9-17-33(25)29(36)39-30(2,3)4)32-19-18-31(26(34)21-32)20-22-10-7-6-8-11-22/h6-8,10-11,23-25,27H,5,9,12-21H2,1-4H3/t23?,24?,25-,27?/m0/s1.